The van der Waals surface area contributed by atoms with Gasteiger partial charge in [-0.2, -0.15) is 0 Å². The van der Waals surface area contributed by atoms with Crippen molar-refractivity contribution in [1.82, 2.24) is 4.90 Å². The van der Waals surface area contributed by atoms with E-state index in [1.165, 1.54) is 4.88 Å². The molecule has 1 heterocycles. The molecule has 0 saturated heterocycles. The molecule has 2 rings (SSSR count). The molecule has 0 radical (unpaired) electrons. The number of hydrogen-bond donors (Lipinski definition) is 1. The van der Waals surface area contributed by atoms with Crippen molar-refractivity contribution in [3.05, 3.63) is 51.7 Å². The number of nitrogens with zero attached hydrogens (tertiary/aromatic N) is 1. The third-order valence-corrected chi connectivity index (χ3v) is 4.45. The van der Waals surface area contributed by atoms with Gasteiger partial charge in [0.1, 0.15) is 0 Å². The minimum Gasteiger partial charge on any atom is -0.399 e. The second-order valence-electron chi connectivity index (χ2n) is 5.12. The van der Waals surface area contributed by atoms with Crippen LogP contribution in [0.25, 0.3) is 0 Å². The van der Waals surface area contributed by atoms with Gasteiger partial charge < -0.3 is 10.6 Å². The van der Waals surface area contributed by atoms with Gasteiger partial charge in [0.2, 0.25) is 0 Å². The molecular formula is C16H20N2OS. The molecule has 0 spiro atoms. The summed E-state index contributed by atoms with van der Waals surface area (Å²) < 4.78 is 0. The number of hydrogen-bond acceptors (Lipinski definition) is 3. The second kappa shape index (κ2) is 6.09. The summed E-state index contributed by atoms with van der Waals surface area (Å²) in [7, 11) is 1.85. The highest BCUT2D eigenvalue weighted by Gasteiger charge is 2.19. The minimum absolute atomic E-state index is 0.0267. The van der Waals surface area contributed by atoms with Crippen LogP contribution < -0.4 is 5.73 Å². The topological polar surface area (TPSA) is 46.3 Å². The molecule has 3 nitrogen and oxygen atoms in total. The molecule has 0 bridgehead atoms. The zero-order valence-electron chi connectivity index (χ0n) is 12.1. The van der Waals surface area contributed by atoms with E-state index in [1.807, 2.05) is 32.2 Å². The number of likely N-dealkylation sites (N-methyl/N-ethyl adjacent to an activating group) is 1. The van der Waals surface area contributed by atoms with Crippen molar-refractivity contribution in [2.45, 2.75) is 26.3 Å². The summed E-state index contributed by atoms with van der Waals surface area (Å²) >= 11 is 1.72. The van der Waals surface area contributed by atoms with Gasteiger partial charge in [0.25, 0.3) is 5.91 Å². The lowest BCUT2D eigenvalue weighted by Gasteiger charge is -2.25. The summed E-state index contributed by atoms with van der Waals surface area (Å²) in [6.07, 6.45) is 0.876. The van der Waals surface area contributed by atoms with Crippen molar-refractivity contribution in [3.63, 3.8) is 0 Å². The number of amides is 1. The molecule has 1 atom stereocenters. The van der Waals surface area contributed by atoms with Crippen LogP contribution in [0.5, 0.6) is 0 Å². The van der Waals surface area contributed by atoms with Crippen molar-refractivity contribution >= 4 is 22.9 Å². The number of carbonyl (C=O) groups excluding carboxylic acids is 1. The quantitative estimate of drug-likeness (QED) is 0.877. The van der Waals surface area contributed by atoms with Crippen LogP contribution in [0, 0.1) is 6.92 Å². The number of rotatable bonds is 4. The molecule has 0 saturated carbocycles. The average molecular weight is 288 g/mol. The largest absolute Gasteiger partial charge is 0.399 e. The van der Waals surface area contributed by atoms with E-state index in [4.69, 9.17) is 5.73 Å². The summed E-state index contributed by atoms with van der Waals surface area (Å²) in [5, 5.41) is 2.06. The lowest BCUT2D eigenvalue weighted by molar-refractivity contribution is 0.0743. The van der Waals surface area contributed by atoms with E-state index in [0.29, 0.717) is 11.3 Å². The number of thiophene rings is 1. The van der Waals surface area contributed by atoms with Crippen molar-refractivity contribution in [2.24, 2.45) is 0 Å². The molecule has 0 aliphatic carbocycles. The second-order valence-corrected chi connectivity index (χ2v) is 6.16. The molecule has 1 amide bonds. The van der Waals surface area contributed by atoms with Crippen molar-refractivity contribution in [2.75, 3.05) is 12.8 Å². The maximum atomic E-state index is 12.6. The van der Waals surface area contributed by atoms with E-state index in [1.54, 1.807) is 22.3 Å². The first-order valence-electron chi connectivity index (χ1n) is 6.64. The first-order chi connectivity index (χ1) is 9.49. The van der Waals surface area contributed by atoms with Crippen LogP contribution in [-0.2, 0) is 6.42 Å². The molecule has 0 aliphatic heterocycles. The minimum atomic E-state index is 0.0267. The average Bonchev–Trinajstić information content (AvgIpc) is 2.92. The maximum absolute atomic E-state index is 12.6. The molecule has 106 valence electrons. The van der Waals surface area contributed by atoms with Gasteiger partial charge in [-0.25, -0.2) is 0 Å². The Kier molecular flexibility index (Phi) is 4.45. The number of nitrogen functional groups attached to an aromatic ring is 1. The van der Waals surface area contributed by atoms with Crippen LogP contribution in [0.4, 0.5) is 5.69 Å². The summed E-state index contributed by atoms with van der Waals surface area (Å²) in [6, 6.07) is 9.76. The highest BCUT2D eigenvalue weighted by atomic mass is 32.1. The number of benzene rings is 1. The Morgan fingerprint density at radius 1 is 1.40 bits per heavy atom. The van der Waals surface area contributed by atoms with E-state index < -0.39 is 0 Å². The predicted octanol–water partition coefficient (Wildman–Crippen LogP) is 3.34. The highest BCUT2D eigenvalue weighted by Crippen LogP contribution is 2.18. The van der Waals surface area contributed by atoms with Crippen molar-refractivity contribution in [3.8, 4) is 0 Å². The van der Waals surface area contributed by atoms with Crippen molar-refractivity contribution < 1.29 is 4.79 Å². The third-order valence-electron chi connectivity index (χ3n) is 3.55. The molecule has 1 aromatic carbocycles. The fraction of sp³-hybridized carbons (Fsp3) is 0.312. The molecule has 0 fully saturated rings. The molecule has 1 unspecified atom stereocenters. The van der Waals surface area contributed by atoms with Gasteiger partial charge in [0, 0.05) is 35.6 Å². The molecule has 20 heavy (non-hydrogen) atoms. The Bertz CT molecular complexity index is 593. The lowest BCUT2D eigenvalue weighted by atomic mass is 10.1. The van der Waals surface area contributed by atoms with Gasteiger partial charge in [-0.1, -0.05) is 12.1 Å². The van der Waals surface area contributed by atoms with Crippen LogP contribution in [0.3, 0.4) is 0 Å². The number of aryl methyl sites for hydroxylation is 1. The normalized spacial score (nSPS) is 12.2. The van der Waals surface area contributed by atoms with Gasteiger partial charge in [-0.3, -0.25) is 4.79 Å². The first-order valence-corrected chi connectivity index (χ1v) is 7.52. The lowest BCUT2D eigenvalue weighted by Crippen LogP contribution is -2.36. The van der Waals surface area contributed by atoms with Crippen LogP contribution in [0.2, 0.25) is 0 Å². The summed E-state index contributed by atoms with van der Waals surface area (Å²) in [4.78, 5) is 15.6. The van der Waals surface area contributed by atoms with Gasteiger partial charge in [0.15, 0.2) is 0 Å². The summed E-state index contributed by atoms with van der Waals surface area (Å²) in [6.45, 7) is 4.00. The zero-order chi connectivity index (χ0) is 14.7. The SMILES string of the molecule is Cc1ccc(N)cc1C(=O)N(C)C(C)Cc1cccs1. The van der Waals surface area contributed by atoms with E-state index >= 15 is 0 Å². The number of anilines is 1. The Balaban J connectivity index is 2.13. The van der Waals surface area contributed by atoms with Gasteiger partial charge in [-0.15, -0.1) is 11.3 Å². The predicted molar refractivity (Wildman–Crippen MR) is 85.2 cm³/mol. The monoisotopic (exact) mass is 288 g/mol. The first kappa shape index (κ1) is 14.6. The Labute approximate surface area is 124 Å². The highest BCUT2D eigenvalue weighted by molar-refractivity contribution is 7.09. The van der Waals surface area contributed by atoms with E-state index in [9.17, 15) is 4.79 Å². The van der Waals surface area contributed by atoms with Crippen LogP contribution in [0.1, 0.15) is 27.7 Å². The third kappa shape index (κ3) is 3.20. The van der Waals surface area contributed by atoms with E-state index in [2.05, 4.69) is 18.4 Å². The van der Waals surface area contributed by atoms with E-state index in [-0.39, 0.29) is 11.9 Å². The fourth-order valence-electron chi connectivity index (χ4n) is 2.12. The van der Waals surface area contributed by atoms with E-state index in [0.717, 1.165) is 12.0 Å². The smallest absolute Gasteiger partial charge is 0.254 e. The molecule has 2 N–H and O–H groups in total. The van der Waals surface area contributed by atoms with Gasteiger partial charge >= 0.3 is 0 Å². The Hall–Kier alpha value is -1.81. The maximum Gasteiger partial charge on any atom is 0.254 e. The van der Waals surface area contributed by atoms with Crippen LogP contribution in [0.15, 0.2) is 35.7 Å². The molecule has 0 aliphatic rings. The Morgan fingerprint density at radius 3 is 2.80 bits per heavy atom. The van der Waals surface area contributed by atoms with Crippen LogP contribution >= 0.6 is 11.3 Å². The zero-order valence-corrected chi connectivity index (χ0v) is 12.9. The Morgan fingerprint density at radius 2 is 2.15 bits per heavy atom. The summed E-state index contributed by atoms with van der Waals surface area (Å²) in [5.41, 5.74) is 8.05. The van der Waals surface area contributed by atoms with Gasteiger partial charge in [-0.05, 0) is 43.0 Å². The molecule has 4 heteroatoms. The van der Waals surface area contributed by atoms with Crippen molar-refractivity contribution in [1.29, 1.82) is 0 Å². The standard InChI is InChI=1S/C16H20N2OS/c1-11-6-7-13(17)10-15(11)16(19)18(3)12(2)9-14-5-4-8-20-14/h4-8,10,12H,9,17H2,1-3H3. The van der Waals surface area contributed by atoms with Gasteiger partial charge in [0.05, 0.1) is 0 Å². The summed E-state index contributed by atoms with van der Waals surface area (Å²) in [5.74, 6) is 0.0267. The van der Waals surface area contributed by atoms with Crippen LogP contribution in [-0.4, -0.2) is 23.9 Å². The molecular weight excluding hydrogens is 268 g/mol. The number of carbonyl (C=O) groups is 1. The number of nitrogens with two attached hydrogens (primary N) is 1. The molecule has 1 aromatic heterocycles. The molecule has 2 aromatic rings. The fourth-order valence-corrected chi connectivity index (χ4v) is 2.94.